The van der Waals surface area contributed by atoms with Gasteiger partial charge in [-0.2, -0.15) is 0 Å². The van der Waals surface area contributed by atoms with E-state index >= 15 is 0 Å². The zero-order valence-corrected chi connectivity index (χ0v) is 10.8. The van der Waals surface area contributed by atoms with E-state index in [1.165, 1.54) is 30.3 Å². The Balaban J connectivity index is 1.86. The summed E-state index contributed by atoms with van der Waals surface area (Å²) in [6, 6.07) is 8.01. The van der Waals surface area contributed by atoms with E-state index in [4.69, 9.17) is 4.74 Å². The van der Waals surface area contributed by atoms with Crippen molar-refractivity contribution in [1.82, 2.24) is 9.97 Å². The van der Waals surface area contributed by atoms with Crippen molar-refractivity contribution in [3.05, 3.63) is 46.3 Å². The molecule has 1 heterocycles. The van der Waals surface area contributed by atoms with Gasteiger partial charge in [0.1, 0.15) is 16.7 Å². The summed E-state index contributed by atoms with van der Waals surface area (Å²) in [5.41, 5.74) is 2.84. The minimum Gasteiger partial charge on any atom is -0.439 e. The summed E-state index contributed by atoms with van der Waals surface area (Å²) >= 11 is 3.29. The molecular weight excluding hydrogens is 280 g/mol. The highest BCUT2D eigenvalue weighted by molar-refractivity contribution is 9.10. The third kappa shape index (κ3) is 2.31. The number of benzene rings is 1. The molecular formula is C13H11BrN2O. The van der Waals surface area contributed by atoms with Gasteiger partial charge in [0.25, 0.3) is 0 Å². The maximum Gasteiger partial charge on any atom is 0.223 e. The van der Waals surface area contributed by atoms with Gasteiger partial charge in [0.05, 0.1) is 0 Å². The van der Waals surface area contributed by atoms with Gasteiger partial charge in [-0.05, 0) is 58.5 Å². The number of halogens is 1. The Hall–Kier alpha value is -1.42. The van der Waals surface area contributed by atoms with Crippen LogP contribution in [0.3, 0.4) is 0 Å². The first-order valence-corrected chi connectivity index (χ1v) is 6.38. The molecule has 1 aromatic heterocycles. The lowest BCUT2D eigenvalue weighted by molar-refractivity contribution is 0.460. The quantitative estimate of drug-likeness (QED) is 0.794. The van der Waals surface area contributed by atoms with Gasteiger partial charge in [0, 0.05) is 6.07 Å². The monoisotopic (exact) mass is 290 g/mol. The SMILES string of the molecule is Brc1cc(Oc2ccc3c(c2)CCC3)ncn1. The van der Waals surface area contributed by atoms with Crippen molar-refractivity contribution >= 4 is 15.9 Å². The smallest absolute Gasteiger partial charge is 0.223 e. The van der Waals surface area contributed by atoms with E-state index in [0.717, 1.165) is 16.8 Å². The lowest BCUT2D eigenvalue weighted by Crippen LogP contribution is -1.90. The molecule has 1 aliphatic carbocycles. The van der Waals surface area contributed by atoms with Crippen LogP contribution in [-0.4, -0.2) is 9.97 Å². The number of aryl methyl sites for hydroxylation is 2. The molecule has 1 aromatic carbocycles. The van der Waals surface area contributed by atoms with E-state index in [-0.39, 0.29) is 0 Å². The van der Waals surface area contributed by atoms with Crippen molar-refractivity contribution in [2.45, 2.75) is 19.3 Å². The molecule has 0 amide bonds. The Morgan fingerprint density at radius 3 is 2.82 bits per heavy atom. The number of aromatic nitrogens is 2. The summed E-state index contributed by atoms with van der Waals surface area (Å²) in [6.07, 6.45) is 5.07. The van der Waals surface area contributed by atoms with E-state index in [0.29, 0.717) is 5.88 Å². The molecule has 4 heteroatoms. The van der Waals surface area contributed by atoms with Crippen molar-refractivity contribution in [3.63, 3.8) is 0 Å². The highest BCUT2D eigenvalue weighted by atomic mass is 79.9. The van der Waals surface area contributed by atoms with Crippen LogP contribution < -0.4 is 4.74 Å². The third-order valence-electron chi connectivity index (χ3n) is 2.90. The number of hydrogen-bond donors (Lipinski definition) is 0. The van der Waals surface area contributed by atoms with Gasteiger partial charge in [0.2, 0.25) is 5.88 Å². The fourth-order valence-corrected chi connectivity index (χ4v) is 2.39. The maximum atomic E-state index is 5.70. The number of ether oxygens (including phenoxy) is 1. The molecule has 0 radical (unpaired) electrons. The number of fused-ring (bicyclic) bond motifs is 1. The van der Waals surface area contributed by atoms with Crippen molar-refractivity contribution in [3.8, 4) is 11.6 Å². The Labute approximate surface area is 108 Å². The van der Waals surface area contributed by atoms with E-state index in [1.54, 1.807) is 6.07 Å². The van der Waals surface area contributed by atoms with Gasteiger partial charge in [-0.1, -0.05) is 6.07 Å². The maximum absolute atomic E-state index is 5.70. The van der Waals surface area contributed by atoms with Gasteiger partial charge >= 0.3 is 0 Å². The van der Waals surface area contributed by atoms with Crippen molar-refractivity contribution in [2.75, 3.05) is 0 Å². The highest BCUT2D eigenvalue weighted by Gasteiger charge is 2.11. The zero-order chi connectivity index (χ0) is 11.7. The topological polar surface area (TPSA) is 35.0 Å². The van der Waals surface area contributed by atoms with Crippen LogP contribution in [-0.2, 0) is 12.8 Å². The average Bonchev–Trinajstić information content (AvgIpc) is 2.76. The molecule has 3 nitrogen and oxygen atoms in total. The minimum atomic E-state index is 0.560. The van der Waals surface area contributed by atoms with Gasteiger partial charge in [-0.3, -0.25) is 0 Å². The van der Waals surface area contributed by atoms with Crippen molar-refractivity contribution in [1.29, 1.82) is 0 Å². The van der Waals surface area contributed by atoms with Crippen LogP contribution in [0.15, 0.2) is 35.2 Å². The minimum absolute atomic E-state index is 0.560. The lowest BCUT2D eigenvalue weighted by atomic mass is 10.1. The Morgan fingerprint density at radius 2 is 1.94 bits per heavy atom. The van der Waals surface area contributed by atoms with E-state index in [9.17, 15) is 0 Å². The summed E-state index contributed by atoms with van der Waals surface area (Å²) in [5, 5.41) is 0. The average molecular weight is 291 g/mol. The van der Waals surface area contributed by atoms with Crippen LogP contribution >= 0.6 is 15.9 Å². The van der Waals surface area contributed by atoms with Crippen molar-refractivity contribution in [2.24, 2.45) is 0 Å². The fraction of sp³-hybridized carbons (Fsp3) is 0.231. The standard InChI is InChI=1S/C13H11BrN2O/c14-12-7-13(16-8-15-12)17-11-5-4-9-2-1-3-10(9)6-11/h4-8H,1-3H2. The molecule has 1 aliphatic rings. The van der Waals surface area contributed by atoms with E-state index in [2.05, 4.69) is 38.0 Å². The first-order chi connectivity index (χ1) is 8.31. The second-order valence-corrected chi connectivity index (χ2v) is 4.88. The second kappa shape index (κ2) is 4.45. The molecule has 2 aromatic rings. The van der Waals surface area contributed by atoms with Crippen molar-refractivity contribution < 1.29 is 4.74 Å². The molecule has 0 spiro atoms. The van der Waals surface area contributed by atoms with Gasteiger partial charge in [0.15, 0.2) is 0 Å². The Kier molecular flexibility index (Phi) is 2.81. The molecule has 86 valence electrons. The molecule has 0 unspecified atom stereocenters. The highest BCUT2D eigenvalue weighted by Crippen LogP contribution is 2.28. The molecule has 0 saturated heterocycles. The van der Waals surface area contributed by atoms with Crippen LogP contribution in [0.4, 0.5) is 0 Å². The van der Waals surface area contributed by atoms with Gasteiger partial charge in [-0.25, -0.2) is 9.97 Å². The fourth-order valence-electron chi connectivity index (χ4n) is 2.11. The van der Waals surface area contributed by atoms with E-state index in [1.807, 2.05) is 6.07 Å². The summed E-state index contributed by atoms with van der Waals surface area (Å²) in [4.78, 5) is 8.03. The molecule has 0 fully saturated rings. The largest absolute Gasteiger partial charge is 0.439 e. The molecule has 3 rings (SSSR count). The van der Waals surface area contributed by atoms with Crippen LogP contribution in [0.1, 0.15) is 17.5 Å². The van der Waals surface area contributed by atoms with Crippen LogP contribution in [0.2, 0.25) is 0 Å². The normalized spacial score (nSPS) is 13.5. The Bertz CT molecular complexity index is 557. The summed E-state index contributed by atoms with van der Waals surface area (Å²) in [5.74, 6) is 1.40. The molecule has 17 heavy (non-hydrogen) atoms. The Morgan fingerprint density at radius 1 is 1.06 bits per heavy atom. The first-order valence-electron chi connectivity index (χ1n) is 5.58. The molecule has 0 atom stereocenters. The number of nitrogens with zero attached hydrogens (tertiary/aromatic N) is 2. The zero-order valence-electron chi connectivity index (χ0n) is 9.19. The predicted molar refractivity (Wildman–Crippen MR) is 68.3 cm³/mol. The summed E-state index contributed by atoms with van der Waals surface area (Å²) < 4.78 is 6.43. The second-order valence-electron chi connectivity index (χ2n) is 4.07. The third-order valence-corrected chi connectivity index (χ3v) is 3.33. The molecule has 0 N–H and O–H groups in total. The summed E-state index contributed by atoms with van der Waals surface area (Å²) in [7, 11) is 0. The predicted octanol–water partition coefficient (Wildman–Crippen LogP) is 3.52. The van der Waals surface area contributed by atoms with E-state index < -0.39 is 0 Å². The number of hydrogen-bond acceptors (Lipinski definition) is 3. The van der Waals surface area contributed by atoms with Gasteiger partial charge in [-0.15, -0.1) is 0 Å². The van der Waals surface area contributed by atoms with Crippen LogP contribution in [0.25, 0.3) is 0 Å². The molecule has 0 saturated carbocycles. The lowest BCUT2D eigenvalue weighted by Gasteiger charge is -2.06. The summed E-state index contributed by atoms with van der Waals surface area (Å²) in [6.45, 7) is 0. The molecule has 0 bridgehead atoms. The number of rotatable bonds is 2. The first kappa shape index (κ1) is 10.7. The molecule has 0 aliphatic heterocycles. The van der Waals surface area contributed by atoms with Crippen LogP contribution in [0, 0.1) is 0 Å². The van der Waals surface area contributed by atoms with Gasteiger partial charge < -0.3 is 4.74 Å². The van der Waals surface area contributed by atoms with Crippen LogP contribution in [0.5, 0.6) is 11.6 Å².